The second-order valence-corrected chi connectivity index (χ2v) is 7.09. The number of rotatable bonds is 7. The lowest BCUT2D eigenvalue weighted by atomic mass is 9.89. The molecule has 29 heavy (non-hydrogen) atoms. The number of methoxy groups -OCH3 is 2. The first-order valence-electron chi connectivity index (χ1n) is 9.87. The Kier molecular flexibility index (Phi) is 7.06. The summed E-state index contributed by atoms with van der Waals surface area (Å²) >= 11 is 0. The Morgan fingerprint density at radius 3 is 2.24 bits per heavy atom. The van der Waals surface area contributed by atoms with Gasteiger partial charge in [-0.2, -0.15) is 0 Å². The number of benzene rings is 2. The van der Waals surface area contributed by atoms with Crippen LogP contribution in [0.1, 0.15) is 48.0 Å². The first kappa shape index (κ1) is 20.6. The number of esters is 1. The zero-order chi connectivity index (χ0) is 20.6. The molecule has 152 valence electrons. The Morgan fingerprint density at radius 1 is 0.897 bits per heavy atom. The van der Waals surface area contributed by atoms with E-state index < -0.39 is 0 Å². The van der Waals surface area contributed by atoms with Gasteiger partial charge in [0.2, 0.25) is 0 Å². The molecule has 2 aromatic rings. The zero-order valence-corrected chi connectivity index (χ0v) is 16.9. The molecule has 0 amide bonds. The molecule has 1 fully saturated rings. The number of carbonyl (C=O) groups is 2. The third kappa shape index (κ3) is 5.47. The number of ether oxygens (including phenoxy) is 3. The van der Waals surface area contributed by atoms with Crippen LogP contribution in [0.25, 0.3) is 6.08 Å². The Bertz CT molecular complexity index is 877. The summed E-state index contributed by atoms with van der Waals surface area (Å²) in [6, 6.07) is 12.0. The van der Waals surface area contributed by atoms with Crippen LogP contribution in [0.15, 0.2) is 48.5 Å². The summed E-state index contributed by atoms with van der Waals surface area (Å²) in [6.45, 7) is 0. The lowest BCUT2D eigenvalue weighted by Gasteiger charge is -2.19. The molecule has 0 N–H and O–H groups in total. The van der Waals surface area contributed by atoms with Crippen LogP contribution in [0.2, 0.25) is 0 Å². The van der Waals surface area contributed by atoms with Gasteiger partial charge in [-0.15, -0.1) is 0 Å². The van der Waals surface area contributed by atoms with Crippen LogP contribution in [0.4, 0.5) is 0 Å². The van der Waals surface area contributed by atoms with Crippen LogP contribution in [0.3, 0.4) is 0 Å². The van der Waals surface area contributed by atoms with Crippen LogP contribution >= 0.6 is 0 Å². The highest BCUT2D eigenvalue weighted by Gasteiger charge is 2.23. The molecule has 5 heteroatoms. The van der Waals surface area contributed by atoms with Crippen LogP contribution in [-0.4, -0.2) is 26.0 Å². The maximum Gasteiger partial charge on any atom is 0.314 e. The third-order valence-electron chi connectivity index (χ3n) is 5.15. The first-order valence-corrected chi connectivity index (χ1v) is 9.87. The van der Waals surface area contributed by atoms with E-state index in [-0.39, 0.29) is 17.7 Å². The van der Waals surface area contributed by atoms with Crippen molar-refractivity contribution in [1.82, 2.24) is 0 Å². The molecule has 0 heterocycles. The van der Waals surface area contributed by atoms with Crippen molar-refractivity contribution >= 4 is 17.8 Å². The molecule has 0 unspecified atom stereocenters. The molecular weight excluding hydrogens is 368 g/mol. The molecule has 0 bridgehead atoms. The van der Waals surface area contributed by atoms with Gasteiger partial charge in [0.05, 0.1) is 20.1 Å². The van der Waals surface area contributed by atoms with Crippen LogP contribution in [0, 0.1) is 5.92 Å². The van der Waals surface area contributed by atoms with E-state index in [9.17, 15) is 9.59 Å². The van der Waals surface area contributed by atoms with E-state index in [0.29, 0.717) is 22.8 Å². The normalized spacial score (nSPS) is 14.6. The highest BCUT2D eigenvalue weighted by Crippen LogP contribution is 2.27. The quantitative estimate of drug-likeness (QED) is 0.283. The van der Waals surface area contributed by atoms with E-state index in [0.717, 1.165) is 31.2 Å². The molecule has 1 saturated carbocycles. The summed E-state index contributed by atoms with van der Waals surface area (Å²) in [4.78, 5) is 24.7. The van der Waals surface area contributed by atoms with Gasteiger partial charge in [-0.25, -0.2) is 0 Å². The molecular formula is C24H26O5. The van der Waals surface area contributed by atoms with E-state index in [2.05, 4.69) is 0 Å². The van der Waals surface area contributed by atoms with Crippen molar-refractivity contribution in [2.45, 2.75) is 32.1 Å². The van der Waals surface area contributed by atoms with Crippen molar-refractivity contribution in [2.24, 2.45) is 5.92 Å². The fourth-order valence-electron chi connectivity index (χ4n) is 3.46. The molecule has 1 aliphatic rings. The monoisotopic (exact) mass is 394 g/mol. The standard InChI is InChI=1S/C24H26O5/c1-27-21-13-15-23(28-2)19(16-21)10-14-22(25)17-8-11-20(12-9-17)29-24(26)18-6-4-3-5-7-18/h8-16,18H,3-7H2,1-2H3. The highest BCUT2D eigenvalue weighted by molar-refractivity contribution is 6.07. The predicted molar refractivity (Wildman–Crippen MR) is 112 cm³/mol. The summed E-state index contributed by atoms with van der Waals surface area (Å²) in [6.07, 6.45) is 8.33. The van der Waals surface area contributed by atoms with Crippen molar-refractivity contribution in [3.8, 4) is 17.2 Å². The summed E-state index contributed by atoms with van der Waals surface area (Å²) in [7, 11) is 3.16. The molecule has 0 spiro atoms. The van der Waals surface area contributed by atoms with E-state index in [4.69, 9.17) is 14.2 Å². The molecule has 0 aromatic heterocycles. The Morgan fingerprint density at radius 2 is 1.59 bits per heavy atom. The van der Waals surface area contributed by atoms with Crippen LogP contribution < -0.4 is 14.2 Å². The van der Waals surface area contributed by atoms with Gasteiger partial charge in [0.25, 0.3) is 0 Å². The lowest BCUT2D eigenvalue weighted by Crippen LogP contribution is -2.22. The molecule has 5 nitrogen and oxygen atoms in total. The number of allylic oxidation sites excluding steroid dienone is 1. The second kappa shape index (κ2) is 9.92. The average molecular weight is 394 g/mol. The first-order chi connectivity index (χ1) is 14.1. The lowest BCUT2D eigenvalue weighted by molar-refractivity contribution is -0.139. The summed E-state index contributed by atoms with van der Waals surface area (Å²) in [5.74, 6) is 1.47. The topological polar surface area (TPSA) is 61.8 Å². The number of hydrogen-bond donors (Lipinski definition) is 0. The van der Waals surface area contributed by atoms with Crippen molar-refractivity contribution in [2.75, 3.05) is 14.2 Å². The van der Waals surface area contributed by atoms with E-state index >= 15 is 0 Å². The number of hydrogen-bond acceptors (Lipinski definition) is 5. The SMILES string of the molecule is COc1ccc(OC)c(C=CC(=O)c2ccc(OC(=O)C3CCCCC3)cc2)c1. The molecule has 1 aliphatic carbocycles. The smallest absolute Gasteiger partial charge is 0.314 e. The average Bonchev–Trinajstić information content (AvgIpc) is 2.78. The molecule has 0 aliphatic heterocycles. The Balaban J connectivity index is 1.64. The van der Waals surface area contributed by atoms with E-state index in [1.165, 1.54) is 12.5 Å². The van der Waals surface area contributed by atoms with Gasteiger partial charge in [0.15, 0.2) is 5.78 Å². The largest absolute Gasteiger partial charge is 0.497 e. The fraction of sp³-hybridized carbons (Fsp3) is 0.333. The minimum atomic E-state index is -0.172. The molecule has 0 radical (unpaired) electrons. The highest BCUT2D eigenvalue weighted by atomic mass is 16.5. The van der Waals surface area contributed by atoms with Crippen molar-refractivity contribution in [3.05, 3.63) is 59.7 Å². The van der Waals surface area contributed by atoms with Crippen molar-refractivity contribution in [1.29, 1.82) is 0 Å². The van der Waals surface area contributed by atoms with Gasteiger partial charge in [-0.1, -0.05) is 19.3 Å². The van der Waals surface area contributed by atoms with Gasteiger partial charge < -0.3 is 14.2 Å². The van der Waals surface area contributed by atoms with Crippen LogP contribution in [-0.2, 0) is 4.79 Å². The van der Waals surface area contributed by atoms with Gasteiger partial charge >= 0.3 is 5.97 Å². The van der Waals surface area contributed by atoms with Gasteiger partial charge in [0.1, 0.15) is 17.2 Å². The van der Waals surface area contributed by atoms with Gasteiger partial charge in [-0.3, -0.25) is 9.59 Å². The van der Waals surface area contributed by atoms with Gasteiger partial charge in [-0.05, 0) is 67.5 Å². The molecule has 2 aromatic carbocycles. The summed E-state index contributed by atoms with van der Waals surface area (Å²) < 4.78 is 16.0. The molecule has 3 rings (SSSR count). The number of carbonyl (C=O) groups excluding carboxylic acids is 2. The molecule has 0 atom stereocenters. The van der Waals surface area contributed by atoms with E-state index in [1.807, 2.05) is 0 Å². The van der Waals surface area contributed by atoms with Gasteiger partial charge in [0, 0.05) is 11.1 Å². The Labute approximate surface area is 171 Å². The maximum atomic E-state index is 12.5. The van der Waals surface area contributed by atoms with Crippen molar-refractivity contribution in [3.63, 3.8) is 0 Å². The molecule has 0 saturated heterocycles. The summed E-state index contributed by atoms with van der Waals surface area (Å²) in [5.41, 5.74) is 1.26. The third-order valence-corrected chi connectivity index (χ3v) is 5.15. The predicted octanol–water partition coefficient (Wildman–Crippen LogP) is 5.09. The zero-order valence-electron chi connectivity index (χ0n) is 16.9. The number of ketones is 1. The summed E-state index contributed by atoms with van der Waals surface area (Å²) in [5, 5.41) is 0. The second-order valence-electron chi connectivity index (χ2n) is 7.09. The maximum absolute atomic E-state index is 12.5. The minimum absolute atomic E-state index is 0.00849. The fourth-order valence-corrected chi connectivity index (χ4v) is 3.46. The van der Waals surface area contributed by atoms with Crippen molar-refractivity contribution < 1.29 is 23.8 Å². The van der Waals surface area contributed by atoms with Crippen LogP contribution in [0.5, 0.6) is 17.2 Å². The Hall–Kier alpha value is -3.08. The minimum Gasteiger partial charge on any atom is -0.497 e. The van der Waals surface area contributed by atoms with E-state index in [1.54, 1.807) is 62.8 Å².